The van der Waals surface area contributed by atoms with E-state index in [2.05, 4.69) is 25.5 Å². The van der Waals surface area contributed by atoms with E-state index in [9.17, 15) is 4.79 Å². The fraction of sp³-hybridized carbons (Fsp3) is 0.292. The molecule has 32 heavy (non-hydrogen) atoms. The van der Waals surface area contributed by atoms with Gasteiger partial charge in [0.15, 0.2) is 0 Å². The number of benzene rings is 2. The lowest BCUT2D eigenvalue weighted by Crippen LogP contribution is -2.43. The molecule has 3 heterocycles. The molecule has 0 spiro atoms. The first kappa shape index (κ1) is 18.9. The van der Waals surface area contributed by atoms with Gasteiger partial charge in [-0.25, -0.2) is 9.97 Å². The third-order valence-electron chi connectivity index (χ3n) is 6.54. The first-order chi connectivity index (χ1) is 15.7. The van der Waals surface area contributed by atoms with E-state index in [1.54, 1.807) is 12.4 Å². The first-order valence-corrected chi connectivity index (χ1v) is 10.9. The number of carbonyl (C=O) groups is 1. The third-order valence-corrected chi connectivity index (χ3v) is 6.54. The molecule has 3 unspecified atom stereocenters. The van der Waals surface area contributed by atoms with Crippen molar-refractivity contribution in [2.24, 2.45) is 11.8 Å². The van der Waals surface area contributed by atoms with Crippen molar-refractivity contribution >= 4 is 22.8 Å². The molecule has 1 saturated carbocycles. The fourth-order valence-corrected chi connectivity index (χ4v) is 4.81. The van der Waals surface area contributed by atoms with Crippen molar-refractivity contribution in [3.63, 3.8) is 0 Å². The Morgan fingerprint density at radius 2 is 2.00 bits per heavy atom. The molecule has 1 aliphatic carbocycles. The monoisotopic (exact) mass is 425 g/mol. The van der Waals surface area contributed by atoms with Gasteiger partial charge >= 0.3 is 0 Å². The van der Waals surface area contributed by atoms with E-state index in [1.165, 1.54) is 11.2 Å². The number of nitrogens with zero attached hydrogens (tertiary/aromatic N) is 6. The molecule has 2 aromatic heterocycles. The quantitative estimate of drug-likeness (QED) is 0.529. The summed E-state index contributed by atoms with van der Waals surface area (Å²) >= 11 is 0. The fourth-order valence-electron chi connectivity index (χ4n) is 4.81. The predicted molar refractivity (Wildman–Crippen MR) is 121 cm³/mol. The normalized spacial score (nSPS) is 21.5. The number of aryl methyl sites for hydroxylation is 1. The lowest BCUT2D eigenvalue weighted by atomic mass is 10.1. The lowest BCUT2D eigenvalue weighted by molar-refractivity contribution is 0.0715. The minimum Gasteiger partial charge on any atom is -0.352 e. The topological polar surface area (TPSA) is 88.8 Å². The number of hydrogen-bond donors (Lipinski definition) is 1. The van der Waals surface area contributed by atoms with Crippen molar-refractivity contribution in [3.8, 4) is 5.69 Å². The summed E-state index contributed by atoms with van der Waals surface area (Å²) in [5.74, 6) is 1.74. The van der Waals surface area contributed by atoms with Crippen LogP contribution in [-0.4, -0.2) is 54.9 Å². The maximum Gasteiger partial charge on any atom is 0.256 e. The number of rotatable bonds is 5. The number of carbonyl (C=O) groups excluding carboxylic acids is 1. The summed E-state index contributed by atoms with van der Waals surface area (Å²) < 4.78 is 0. The SMILES string of the molecule is Cc1ccc(-n2nccn2)c(C(=O)N2CC3CC3C2CNc2ncc3ccccc3n2)c1. The van der Waals surface area contributed by atoms with Crippen LogP contribution in [0.2, 0.25) is 0 Å². The zero-order valence-corrected chi connectivity index (χ0v) is 17.7. The molecule has 0 radical (unpaired) electrons. The number of para-hydroxylation sites is 1. The second-order valence-electron chi connectivity index (χ2n) is 8.66. The molecule has 1 saturated heterocycles. The van der Waals surface area contributed by atoms with Crippen molar-refractivity contribution in [2.75, 3.05) is 18.4 Å². The van der Waals surface area contributed by atoms with E-state index in [0.29, 0.717) is 35.6 Å². The van der Waals surface area contributed by atoms with Crippen LogP contribution in [0.4, 0.5) is 5.95 Å². The van der Waals surface area contributed by atoms with Gasteiger partial charge in [0, 0.05) is 24.7 Å². The van der Waals surface area contributed by atoms with E-state index in [0.717, 1.165) is 23.0 Å². The highest BCUT2D eigenvalue weighted by Crippen LogP contribution is 2.50. The molecule has 1 amide bonds. The van der Waals surface area contributed by atoms with Gasteiger partial charge in [0.2, 0.25) is 5.95 Å². The average molecular weight is 425 g/mol. The highest BCUT2D eigenvalue weighted by molar-refractivity contribution is 5.98. The van der Waals surface area contributed by atoms with Crippen LogP contribution in [0.3, 0.4) is 0 Å². The van der Waals surface area contributed by atoms with Crippen molar-refractivity contribution in [2.45, 2.75) is 19.4 Å². The van der Waals surface area contributed by atoms with Crippen LogP contribution < -0.4 is 5.32 Å². The summed E-state index contributed by atoms with van der Waals surface area (Å²) in [5.41, 5.74) is 3.28. The Morgan fingerprint density at radius 1 is 1.16 bits per heavy atom. The van der Waals surface area contributed by atoms with Crippen molar-refractivity contribution < 1.29 is 4.79 Å². The molecule has 2 fully saturated rings. The Balaban J connectivity index is 1.25. The molecule has 2 aromatic carbocycles. The van der Waals surface area contributed by atoms with Gasteiger partial charge in [-0.15, -0.1) is 0 Å². The van der Waals surface area contributed by atoms with Gasteiger partial charge in [-0.1, -0.05) is 29.8 Å². The molecule has 160 valence electrons. The Labute approximate surface area is 185 Å². The molecule has 8 nitrogen and oxygen atoms in total. The second kappa shape index (κ2) is 7.40. The molecule has 4 aromatic rings. The molecule has 3 atom stereocenters. The minimum atomic E-state index is 0.0272. The summed E-state index contributed by atoms with van der Waals surface area (Å²) in [7, 11) is 0. The number of fused-ring (bicyclic) bond motifs is 2. The highest BCUT2D eigenvalue weighted by atomic mass is 16.2. The van der Waals surface area contributed by atoms with Crippen molar-refractivity contribution in [3.05, 3.63) is 72.2 Å². The first-order valence-electron chi connectivity index (χ1n) is 10.9. The van der Waals surface area contributed by atoms with E-state index in [4.69, 9.17) is 0 Å². The third kappa shape index (κ3) is 3.28. The number of aromatic nitrogens is 5. The summed E-state index contributed by atoms with van der Waals surface area (Å²) in [6.07, 6.45) is 6.25. The molecule has 1 N–H and O–H groups in total. The number of piperidine rings is 1. The largest absolute Gasteiger partial charge is 0.352 e. The number of amides is 1. The lowest BCUT2D eigenvalue weighted by Gasteiger charge is -2.28. The van der Waals surface area contributed by atoms with Crippen LogP contribution in [0.15, 0.2) is 61.1 Å². The van der Waals surface area contributed by atoms with E-state index >= 15 is 0 Å². The van der Waals surface area contributed by atoms with Gasteiger partial charge in [0.25, 0.3) is 5.91 Å². The van der Waals surface area contributed by atoms with Gasteiger partial charge in [0.1, 0.15) is 0 Å². The summed E-state index contributed by atoms with van der Waals surface area (Å²) in [6.45, 7) is 3.41. The number of nitrogens with one attached hydrogen (secondary N) is 1. The Morgan fingerprint density at radius 3 is 2.88 bits per heavy atom. The molecule has 2 aliphatic rings. The van der Waals surface area contributed by atoms with E-state index in [-0.39, 0.29) is 11.9 Å². The van der Waals surface area contributed by atoms with Crippen LogP contribution in [0.25, 0.3) is 16.6 Å². The summed E-state index contributed by atoms with van der Waals surface area (Å²) in [6, 6.07) is 13.9. The Kier molecular flexibility index (Phi) is 4.38. The van der Waals surface area contributed by atoms with Crippen LogP contribution in [-0.2, 0) is 0 Å². The molecule has 8 heteroatoms. The van der Waals surface area contributed by atoms with Crippen LogP contribution in [0.5, 0.6) is 0 Å². The Bertz CT molecular complexity index is 1300. The Hall–Kier alpha value is -3.81. The average Bonchev–Trinajstić information content (AvgIpc) is 3.21. The number of likely N-dealkylation sites (tertiary alicyclic amines) is 1. The van der Waals surface area contributed by atoms with Crippen LogP contribution in [0.1, 0.15) is 22.3 Å². The second-order valence-corrected chi connectivity index (χ2v) is 8.66. The van der Waals surface area contributed by atoms with E-state index in [1.807, 2.05) is 60.5 Å². The smallest absolute Gasteiger partial charge is 0.256 e. The number of hydrogen-bond acceptors (Lipinski definition) is 6. The zero-order chi connectivity index (χ0) is 21.7. The standard InChI is InChI=1S/C24H23N7O/c1-15-6-7-21(31-27-8-9-28-31)19(10-15)23(32)30-14-17-11-18(17)22(30)13-26-24-25-12-16-4-2-3-5-20(16)29-24/h2-10,12,17-18,22H,11,13-14H2,1H3,(H,25,26,29). The van der Waals surface area contributed by atoms with Gasteiger partial charge < -0.3 is 10.2 Å². The zero-order valence-electron chi connectivity index (χ0n) is 17.7. The molecule has 6 rings (SSSR count). The van der Waals surface area contributed by atoms with E-state index < -0.39 is 0 Å². The predicted octanol–water partition coefficient (Wildman–Crippen LogP) is 3.09. The maximum absolute atomic E-state index is 13.7. The van der Waals surface area contributed by atoms with Crippen LogP contribution >= 0.6 is 0 Å². The van der Waals surface area contributed by atoms with Crippen molar-refractivity contribution in [1.29, 1.82) is 0 Å². The van der Waals surface area contributed by atoms with Gasteiger partial charge in [-0.2, -0.15) is 15.0 Å². The maximum atomic E-state index is 13.7. The molecule has 0 bridgehead atoms. The van der Waals surface area contributed by atoms with Gasteiger partial charge in [0.05, 0.1) is 35.2 Å². The van der Waals surface area contributed by atoms with Gasteiger partial charge in [-0.3, -0.25) is 4.79 Å². The summed E-state index contributed by atoms with van der Waals surface area (Å²) in [4.78, 5) is 26.3. The highest BCUT2D eigenvalue weighted by Gasteiger charge is 2.54. The van der Waals surface area contributed by atoms with Gasteiger partial charge in [-0.05, 0) is 43.4 Å². The summed E-state index contributed by atoms with van der Waals surface area (Å²) in [5, 5.41) is 12.9. The van der Waals surface area contributed by atoms with Crippen molar-refractivity contribution in [1.82, 2.24) is 29.9 Å². The molecular formula is C24H23N7O. The van der Waals surface area contributed by atoms with Crippen LogP contribution in [0, 0.1) is 18.8 Å². The molecule has 1 aliphatic heterocycles. The minimum absolute atomic E-state index is 0.0272. The molecular weight excluding hydrogens is 402 g/mol. The number of anilines is 1.